The SMILES string of the molecule is O=C(O)C(CNCCO)=C(NCCO)NCCO. The highest BCUT2D eigenvalue weighted by molar-refractivity contribution is 5.87. The van der Waals surface area contributed by atoms with Gasteiger partial charge in [-0.1, -0.05) is 0 Å². The molecule has 0 aliphatic heterocycles. The number of carboxylic acid groups (broad SMARTS) is 1. The van der Waals surface area contributed by atoms with E-state index in [0.29, 0.717) is 0 Å². The Balaban J connectivity index is 4.70. The monoisotopic (exact) mass is 263 g/mol. The maximum Gasteiger partial charge on any atom is 0.336 e. The highest BCUT2D eigenvalue weighted by Gasteiger charge is 2.13. The number of carboxylic acids is 1. The molecule has 0 radical (unpaired) electrons. The Bertz CT molecular complexity index is 260. The smallest absolute Gasteiger partial charge is 0.336 e. The predicted molar refractivity (Wildman–Crippen MR) is 64.8 cm³/mol. The Hall–Kier alpha value is -1.35. The lowest BCUT2D eigenvalue weighted by Crippen LogP contribution is -2.36. The first-order valence-electron chi connectivity index (χ1n) is 5.64. The molecule has 0 atom stereocenters. The van der Waals surface area contributed by atoms with E-state index in [1.165, 1.54) is 0 Å². The number of aliphatic carboxylic acids is 1. The zero-order valence-electron chi connectivity index (χ0n) is 10.1. The van der Waals surface area contributed by atoms with Gasteiger partial charge in [-0.3, -0.25) is 0 Å². The fraction of sp³-hybridized carbons (Fsp3) is 0.700. The summed E-state index contributed by atoms with van der Waals surface area (Å²) in [5.74, 6) is -0.873. The minimum Gasteiger partial charge on any atom is -0.478 e. The molecule has 0 aromatic heterocycles. The summed E-state index contributed by atoms with van der Waals surface area (Å²) in [5, 5.41) is 43.4. The van der Waals surface area contributed by atoms with Crippen LogP contribution < -0.4 is 16.0 Å². The number of rotatable bonds is 11. The van der Waals surface area contributed by atoms with Crippen molar-refractivity contribution in [3.8, 4) is 0 Å². The van der Waals surface area contributed by atoms with Crippen molar-refractivity contribution in [1.82, 2.24) is 16.0 Å². The van der Waals surface area contributed by atoms with E-state index in [1.807, 2.05) is 0 Å². The molecule has 0 unspecified atom stereocenters. The number of hydrogen-bond donors (Lipinski definition) is 7. The number of carbonyl (C=O) groups is 1. The van der Waals surface area contributed by atoms with Crippen molar-refractivity contribution in [2.45, 2.75) is 0 Å². The fourth-order valence-corrected chi connectivity index (χ4v) is 1.20. The zero-order valence-corrected chi connectivity index (χ0v) is 10.1. The molecule has 8 nitrogen and oxygen atoms in total. The minimum atomic E-state index is -1.12. The lowest BCUT2D eigenvalue weighted by atomic mass is 10.2. The van der Waals surface area contributed by atoms with Gasteiger partial charge in [-0.05, 0) is 0 Å². The molecule has 0 amide bonds. The van der Waals surface area contributed by atoms with Gasteiger partial charge in [0.2, 0.25) is 0 Å². The molecule has 0 rings (SSSR count). The van der Waals surface area contributed by atoms with Gasteiger partial charge in [-0.15, -0.1) is 0 Å². The van der Waals surface area contributed by atoms with Gasteiger partial charge < -0.3 is 36.4 Å². The van der Waals surface area contributed by atoms with Crippen LogP contribution in [-0.4, -0.2) is 72.4 Å². The van der Waals surface area contributed by atoms with E-state index in [0.717, 1.165) is 0 Å². The Morgan fingerprint density at radius 3 is 1.78 bits per heavy atom. The molecule has 0 aromatic carbocycles. The maximum atomic E-state index is 11.1. The largest absolute Gasteiger partial charge is 0.478 e. The van der Waals surface area contributed by atoms with Gasteiger partial charge in [0.05, 0.1) is 25.4 Å². The van der Waals surface area contributed by atoms with Crippen LogP contribution in [0.25, 0.3) is 0 Å². The molecule has 0 spiro atoms. The summed E-state index contributed by atoms with van der Waals surface area (Å²) in [7, 11) is 0. The third-order valence-corrected chi connectivity index (χ3v) is 1.98. The Kier molecular flexibility index (Phi) is 9.97. The molecule has 0 aliphatic rings. The van der Waals surface area contributed by atoms with Crippen LogP contribution in [0.1, 0.15) is 0 Å². The lowest BCUT2D eigenvalue weighted by Gasteiger charge is -2.16. The number of hydrogen-bond acceptors (Lipinski definition) is 7. The van der Waals surface area contributed by atoms with Crippen molar-refractivity contribution in [3.63, 3.8) is 0 Å². The van der Waals surface area contributed by atoms with Crippen molar-refractivity contribution in [3.05, 3.63) is 11.4 Å². The van der Waals surface area contributed by atoms with Crippen LogP contribution in [0.5, 0.6) is 0 Å². The first-order valence-corrected chi connectivity index (χ1v) is 5.64. The predicted octanol–water partition coefficient (Wildman–Crippen LogP) is -2.97. The molecule has 7 N–H and O–H groups in total. The van der Waals surface area contributed by atoms with E-state index >= 15 is 0 Å². The molecule has 106 valence electrons. The van der Waals surface area contributed by atoms with Gasteiger partial charge in [0.15, 0.2) is 0 Å². The molecule has 0 saturated heterocycles. The van der Waals surface area contributed by atoms with Crippen molar-refractivity contribution in [1.29, 1.82) is 0 Å². The van der Waals surface area contributed by atoms with E-state index in [2.05, 4.69) is 16.0 Å². The number of nitrogens with one attached hydrogen (secondary N) is 3. The second-order valence-electron chi connectivity index (χ2n) is 3.36. The highest BCUT2D eigenvalue weighted by Crippen LogP contribution is 1.98. The van der Waals surface area contributed by atoms with Crippen LogP contribution in [-0.2, 0) is 4.79 Å². The molecular weight excluding hydrogens is 242 g/mol. The maximum absolute atomic E-state index is 11.1. The van der Waals surface area contributed by atoms with Crippen molar-refractivity contribution < 1.29 is 25.2 Å². The van der Waals surface area contributed by atoms with Gasteiger partial charge in [-0.25, -0.2) is 4.79 Å². The van der Waals surface area contributed by atoms with E-state index in [-0.39, 0.29) is 57.4 Å². The number of aliphatic hydroxyl groups is 3. The molecule has 0 aromatic rings. The second kappa shape index (κ2) is 10.8. The highest BCUT2D eigenvalue weighted by atomic mass is 16.4. The Labute approximate surface area is 105 Å². The quantitative estimate of drug-likeness (QED) is 0.155. The summed E-state index contributed by atoms with van der Waals surface area (Å²) >= 11 is 0. The molecule has 0 heterocycles. The van der Waals surface area contributed by atoms with Crippen LogP contribution >= 0.6 is 0 Å². The third kappa shape index (κ3) is 7.07. The molecular formula is C10H21N3O5. The van der Waals surface area contributed by atoms with Gasteiger partial charge in [0.25, 0.3) is 0 Å². The Morgan fingerprint density at radius 2 is 1.39 bits per heavy atom. The average Bonchev–Trinajstić information content (AvgIpc) is 2.35. The van der Waals surface area contributed by atoms with Crippen LogP contribution in [0.4, 0.5) is 0 Å². The molecule has 0 aliphatic carbocycles. The summed E-state index contributed by atoms with van der Waals surface area (Å²) in [6.07, 6.45) is 0. The second-order valence-corrected chi connectivity index (χ2v) is 3.36. The van der Waals surface area contributed by atoms with Crippen LogP contribution in [0.2, 0.25) is 0 Å². The summed E-state index contributed by atoms with van der Waals surface area (Å²) in [5.41, 5.74) is 0.0466. The van der Waals surface area contributed by atoms with Crippen LogP contribution in [0, 0.1) is 0 Å². The van der Waals surface area contributed by atoms with Gasteiger partial charge in [0, 0.05) is 26.2 Å². The standard InChI is InChI=1S/C10H21N3O5/c14-4-1-11-7-8(10(17)18)9(12-2-5-15)13-3-6-16/h11-16H,1-7H2,(H,17,18). The first-order chi connectivity index (χ1) is 8.67. The fourth-order valence-electron chi connectivity index (χ4n) is 1.20. The van der Waals surface area contributed by atoms with Crippen LogP contribution in [0.3, 0.4) is 0 Å². The number of aliphatic hydroxyl groups excluding tert-OH is 3. The van der Waals surface area contributed by atoms with Crippen LogP contribution in [0.15, 0.2) is 11.4 Å². The van der Waals surface area contributed by atoms with Crippen molar-refractivity contribution in [2.24, 2.45) is 0 Å². The molecule has 0 bridgehead atoms. The van der Waals surface area contributed by atoms with E-state index in [9.17, 15) is 4.79 Å². The molecule has 8 heteroatoms. The van der Waals surface area contributed by atoms with Gasteiger partial charge in [0.1, 0.15) is 5.82 Å². The van der Waals surface area contributed by atoms with E-state index in [4.69, 9.17) is 20.4 Å². The van der Waals surface area contributed by atoms with E-state index < -0.39 is 5.97 Å². The van der Waals surface area contributed by atoms with Crippen molar-refractivity contribution in [2.75, 3.05) is 46.0 Å². The first kappa shape index (κ1) is 16.6. The van der Waals surface area contributed by atoms with E-state index in [1.54, 1.807) is 0 Å². The summed E-state index contributed by atoms with van der Waals surface area (Å²) in [4.78, 5) is 11.1. The van der Waals surface area contributed by atoms with Gasteiger partial charge >= 0.3 is 5.97 Å². The summed E-state index contributed by atoms with van der Waals surface area (Å²) < 4.78 is 0. The normalized spacial score (nSPS) is 9.94. The lowest BCUT2D eigenvalue weighted by molar-refractivity contribution is -0.132. The zero-order chi connectivity index (χ0) is 13.8. The molecule has 0 fully saturated rings. The summed E-state index contributed by atoms with van der Waals surface area (Å²) in [6.45, 7) is 0.375. The molecule has 18 heavy (non-hydrogen) atoms. The van der Waals surface area contributed by atoms with Crippen molar-refractivity contribution >= 4 is 5.97 Å². The van der Waals surface area contributed by atoms with Gasteiger partial charge in [-0.2, -0.15) is 0 Å². The molecule has 0 saturated carbocycles. The summed E-state index contributed by atoms with van der Waals surface area (Å²) in [6, 6.07) is 0. The average molecular weight is 263 g/mol. The Morgan fingerprint density at radius 1 is 0.889 bits per heavy atom. The third-order valence-electron chi connectivity index (χ3n) is 1.98. The minimum absolute atomic E-state index is 0.0466. The topological polar surface area (TPSA) is 134 Å².